The van der Waals surface area contributed by atoms with Crippen LogP contribution in [0.15, 0.2) is 53.5 Å². The van der Waals surface area contributed by atoms with Gasteiger partial charge in [-0.15, -0.1) is 6.58 Å². The Hall–Kier alpha value is -2.60. The monoisotopic (exact) mass is 358 g/mol. The number of furan rings is 1. The molecule has 0 atom stereocenters. The number of ether oxygens (including phenoxy) is 1. The Morgan fingerprint density at radius 1 is 1.15 bits per heavy atom. The molecular weight excluding hydrogens is 335 g/mol. The van der Waals surface area contributed by atoms with Crippen LogP contribution in [0.25, 0.3) is 0 Å². The lowest BCUT2D eigenvalue weighted by Crippen LogP contribution is -2.35. The second-order valence-electron chi connectivity index (χ2n) is 6.24. The highest BCUT2D eigenvalue weighted by Gasteiger charge is 2.22. The third-order valence-corrected chi connectivity index (χ3v) is 4.33. The van der Waals surface area contributed by atoms with Crippen molar-refractivity contribution in [3.8, 4) is 5.75 Å². The molecule has 1 aromatic carbocycles. The minimum absolute atomic E-state index is 0.0986. The zero-order chi connectivity index (χ0) is 18.4. The third-order valence-electron chi connectivity index (χ3n) is 4.33. The molecule has 0 aliphatic carbocycles. The van der Waals surface area contributed by atoms with Crippen molar-refractivity contribution in [1.29, 1.82) is 0 Å². The Balaban J connectivity index is 1.55. The van der Waals surface area contributed by atoms with Crippen LogP contribution in [-0.4, -0.2) is 48.4 Å². The normalized spacial score (nSPS) is 15.5. The van der Waals surface area contributed by atoms with Crippen LogP contribution < -0.4 is 4.74 Å². The van der Waals surface area contributed by atoms with Gasteiger partial charge in [-0.2, -0.15) is 0 Å². The molecule has 3 rings (SSSR count). The van der Waals surface area contributed by atoms with E-state index in [2.05, 4.69) is 11.5 Å². The molecule has 0 saturated carbocycles. The second kappa shape index (κ2) is 8.67. The third kappa shape index (κ3) is 4.73. The highest BCUT2D eigenvalue weighted by molar-refractivity contribution is 5.91. The Kier molecular flexibility index (Phi) is 6.07. The van der Waals surface area contributed by atoms with E-state index in [9.17, 15) is 9.18 Å². The average molecular weight is 358 g/mol. The molecule has 0 bridgehead atoms. The van der Waals surface area contributed by atoms with E-state index in [1.165, 1.54) is 12.1 Å². The van der Waals surface area contributed by atoms with Gasteiger partial charge in [0, 0.05) is 32.7 Å². The van der Waals surface area contributed by atoms with Crippen LogP contribution in [0.2, 0.25) is 0 Å². The van der Waals surface area contributed by atoms with Crippen molar-refractivity contribution in [1.82, 2.24) is 9.80 Å². The lowest BCUT2D eigenvalue weighted by molar-refractivity contribution is 0.0726. The second-order valence-corrected chi connectivity index (χ2v) is 6.24. The molecule has 0 radical (unpaired) electrons. The molecule has 0 unspecified atom stereocenters. The quantitative estimate of drug-likeness (QED) is 0.743. The minimum Gasteiger partial charge on any atom is -0.486 e. The molecule has 0 N–H and O–H groups in total. The van der Waals surface area contributed by atoms with E-state index < -0.39 is 0 Å². The van der Waals surface area contributed by atoms with Crippen molar-refractivity contribution in [2.24, 2.45) is 0 Å². The molecule has 0 spiro atoms. The number of benzene rings is 1. The minimum atomic E-state index is -0.313. The lowest BCUT2D eigenvalue weighted by Gasteiger charge is -2.20. The summed E-state index contributed by atoms with van der Waals surface area (Å²) in [4.78, 5) is 16.8. The highest BCUT2D eigenvalue weighted by atomic mass is 19.1. The van der Waals surface area contributed by atoms with Crippen LogP contribution in [0.1, 0.15) is 22.7 Å². The van der Waals surface area contributed by atoms with E-state index in [0.29, 0.717) is 30.4 Å². The van der Waals surface area contributed by atoms with E-state index in [0.717, 1.165) is 26.1 Å². The first-order valence-electron chi connectivity index (χ1n) is 8.75. The number of hydrogen-bond acceptors (Lipinski definition) is 4. The van der Waals surface area contributed by atoms with E-state index >= 15 is 0 Å². The summed E-state index contributed by atoms with van der Waals surface area (Å²) in [6.45, 7) is 7.98. The van der Waals surface area contributed by atoms with Crippen LogP contribution in [0.4, 0.5) is 4.39 Å². The first-order chi connectivity index (χ1) is 12.7. The summed E-state index contributed by atoms with van der Waals surface area (Å²) >= 11 is 0. The summed E-state index contributed by atoms with van der Waals surface area (Å²) in [5, 5.41) is 0. The number of nitrogens with zero attached hydrogens (tertiary/aromatic N) is 2. The summed E-state index contributed by atoms with van der Waals surface area (Å²) in [6.07, 6.45) is 2.82. The van der Waals surface area contributed by atoms with Gasteiger partial charge in [0.05, 0.1) is 0 Å². The first kappa shape index (κ1) is 18.2. The average Bonchev–Trinajstić information content (AvgIpc) is 3.00. The lowest BCUT2D eigenvalue weighted by atomic mass is 10.3. The van der Waals surface area contributed by atoms with Gasteiger partial charge < -0.3 is 14.1 Å². The fourth-order valence-corrected chi connectivity index (χ4v) is 2.95. The van der Waals surface area contributed by atoms with Gasteiger partial charge in [-0.1, -0.05) is 6.08 Å². The smallest absolute Gasteiger partial charge is 0.289 e. The molecule has 2 aromatic rings. The van der Waals surface area contributed by atoms with E-state index in [4.69, 9.17) is 9.15 Å². The molecule has 1 fully saturated rings. The van der Waals surface area contributed by atoms with E-state index in [1.807, 2.05) is 11.0 Å². The van der Waals surface area contributed by atoms with Gasteiger partial charge in [-0.25, -0.2) is 4.39 Å². The van der Waals surface area contributed by atoms with Crippen LogP contribution in [0, 0.1) is 5.82 Å². The SMILES string of the molecule is C=CCN1CCCN(C(=O)c2ccc(COc3ccc(F)cc3)o2)CC1. The van der Waals surface area contributed by atoms with E-state index in [-0.39, 0.29) is 18.3 Å². The maximum atomic E-state index is 12.9. The van der Waals surface area contributed by atoms with Gasteiger partial charge in [-0.05, 0) is 42.8 Å². The van der Waals surface area contributed by atoms with Crippen molar-refractivity contribution < 1.29 is 18.3 Å². The fourth-order valence-electron chi connectivity index (χ4n) is 2.95. The number of hydrogen-bond donors (Lipinski definition) is 0. The zero-order valence-electron chi connectivity index (χ0n) is 14.7. The van der Waals surface area contributed by atoms with Crippen molar-refractivity contribution in [3.05, 3.63) is 66.4 Å². The van der Waals surface area contributed by atoms with Crippen molar-refractivity contribution >= 4 is 5.91 Å². The Bertz CT molecular complexity index is 742. The van der Waals surface area contributed by atoms with Gasteiger partial charge in [0.1, 0.15) is 23.9 Å². The van der Waals surface area contributed by atoms with Gasteiger partial charge in [0.25, 0.3) is 5.91 Å². The van der Waals surface area contributed by atoms with Gasteiger partial charge in [-0.3, -0.25) is 9.69 Å². The maximum absolute atomic E-state index is 12.9. The number of halogens is 1. The van der Waals surface area contributed by atoms with Crippen LogP contribution >= 0.6 is 0 Å². The molecular formula is C20H23FN2O3. The van der Waals surface area contributed by atoms with Crippen molar-refractivity contribution in [2.45, 2.75) is 13.0 Å². The first-order valence-corrected chi connectivity index (χ1v) is 8.75. The molecule has 2 heterocycles. The Morgan fingerprint density at radius 3 is 2.73 bits per heavy atom. The summed E-state index contributed by atoms with van der Waals surface area (Å²) < 4.78 is 24.1. The number of amides is 1. The number of rotatable bonds is 6. The molecule has 1 saturated heterocycles. The van der Waals surface area contributed by atoms with Crippen molar-refractivity contribution in [3.63, 3.8) is 0 Å². The largest absolute Gasteiger partial charge is 0.486 e. The molecule has 1 aliphatic heterocycles. The standard InChI is InChI=1S/C20H23FN2O3/c1-2-10-22-11-3-12-23(14-13-22)20(24)19-9-8-18(26-19)15-25-17-6-4-16(21)5-7-17/h2,4-9H,1,3,10-15H2. The van der Waals surface area contributed by atoms with E-state index in [1.54, 1.807) is 24.3 Å². The summed E-state index contributed by atoms with van der Waals surface area (Å²) in [6, 6.07) is 9.19. The fraction of sp³-hybridized carbons (Fsp3) is 0.350. The highest BCUT2D eigenvalue weighted by Crippen LogP contribution is 2.17. The maximum Gasteiger partial charge on any atom is 0.289 e. The Morgan fingerprint density at radius 2 is 1.96 bits per heavy atom. The van der Waals surface area contributed by atoms with Crippen LogP contribution in [0.3, 0.4) is 0 Å². The predicted molar refractivity (Wildman–Crippen MR) is 96.6 cm³/mol. The number of carbonyl (C=O) groups excluding carboxylic acids is 1. The summed E-state index contributed by atoms with van der Waals surface area (Å²) in [7, 11) is 0. The molecule has 138 valence electrons. The van der Waals surface area contributed by atoms with Gasteiger partial charge in [0.15, 0.2) is 5.76 Å². The molecule has 1 aliphatic rings. The molecule has 6 heteroatoms. The van der Waals surface area contributed by atoms with Gasteiger partial charge >= 0.3 is 0 Å². The molecule has 26 heavy (non-hydrogen) atoms. The summed E-state index contributed by atoms with van der Waals surface area (Å²) in [5.74, 6) is 1.01. The molecule has 1 amide bonds. The van der Waals surface area contributed by atoms with Crippen LogP contribution in [0.5, 0.6) is 5.75 Å². The number of carbonyl (C=O) groups is 1. The zero-order valence-corrected chi connectivity index (χ0v) is 14.7. The molecule has 5 nitrogen and oxygen atoms in total. The van der Waals surface area contributed by atoms with Crippen LogP contribution in [-0.2, 0) is 6.61 Å². The molecule has 1 aromatic heterocycles. The van der Waals surface area contributed by atoms with Crippen molar-refractivity contribution in [2.75, 3.05) is 32.7 Å². The Labute approximate surface area is 152 Å². The predicted octanol–water partition coefficient (Wildman–Crippen LogP) is 3.33. The summed E-state index contributed by atoms with van der Waals surface area (Å²) in [5.41, 5.74) is 0. The topological polar surface area (TPSA) is 45.9 Å². The van der Waals surface area contributed by atoms with Gasteiger partial charge in [0.2, 0.25) is 0 Å².